The summed E-state index contributed by atoms with van der Waals surface area (Å²) in [5.41, 5.74) is -0.842. The smallest absolute Gasteiger partial charge is 0.229 e. The first-order chi connectivity index (χ1) is 32.9. The minimum atomic E-state index is -2.29. The van der Waals surface area contributed by atoms with Gasteiger partial charge in [0.15, 0.2) is 11.6 Å². The number of fused-ring (bicyclic) bond motifs is 3. The number of aldehydes is 1. The van der Waals surface area contributed by atoms with Gasteiger partial charge in [0.1, 0.15) is 52.4 Å². The Labute approximate surface area is 402 Å². The molecule has 8 N–H and O–H groups in total. The lowest BCUT2D eigenvalue weighted by Gasteiger charge is -2.68. The van der Waals surface area contributed by atoms with Gasteiger partial charge in [-0.15, -0.1) is 0 Å². The van der Waals surface area contributed by atoms with E-state index in [0.29, 0.717) is 30.8 Å². The van der Waals surface area contributed by atoms with E-state index in [-0.39, 0.29) is 76.4 Å². The fourth-order valence-electron chi connectivity index (χ4n) is 17.3. The van der Waals surface area contributed by atoms with E-state index in [2.05, 4.69) is 10.6 Å². The van der Waals surface area contributed by atoms with Gasteiger partial charge in [0.2, 0.25) is 6.29 Å². The summed E-state index contributed by atoms with van der Waals surface area (Å²) in [5, 5.41) is 80.9. The molecule has 15 heteroatoms. The number of carbonyl (C=O) groups excluding carboxylic acids is 3. The van der Waals surface area contributed by atoms with Gasteiger partial charge in [-0.1, -0.05) is 70.5 Å². The summed E-state index contributed by atoms with van der Waals surface area (Å²) in [7, 11) is 2.89. The molecular weight excluding hydrogens is 905 g/mol. The Kier molecular flexibility index (Phi) is 9.90. The molecule has 11 bridgehead atoms. The van der Waals surface area contributed by atoms with E-state index < -0.39 is 70.5 Å². The van der Waals surface area contributed by atoms with Crippen LogP contribution in [0.25, 0.3) is 0 Å². The van der Waals surface area contributed by atoms with E-state index in [1.165, 1.54) is 45.1 Å². The zero-order chi connectivity index (χ0) is 46.7. The standard InChI is InChI=1S/C53H58N2O11S2/c56-21-27-5-1-4-26(12-27)13-28-14-36-42(60)33-7-2-8-37-40(33)44(61)51(36,39(59)15-28)24-67-68-25-55-46-34-9-10-38-49(11-3-6-31(49)22-57)19-32-17-29-16-30-18-50(23-58)48(63)53(64,45(62)47(65-37)66-50)43(30)52(32,38)41(34)35(29)20-54-46/h1-2,4-5,7-8,12,14-15,22,29-32,36,38,43,45,47-48,54-56,58-59,62-64H,3,6,9-11,13,16-21,23-25H2/t29-,30-,31-,32+,36+,38-,43+,45-,47+,48+,49-,50+,51-,52-,53+/m0/s1. The van der Waals surface area contributed by atoms with E-state index in [1.807, 2.05) is 24.3 Å². The molecule has 15 atom stereocenters. The summed E-state index contributed by atoms with van der Waals surface area (Å²) in [6, 6.07) is 12.1. The molecule has 3 aliphatic heterocycles. The molecule has 3 heterocycles. The summed E-state index contributed by atoms with van der Waals surface area (Å²) in [6.07, 6.45) is 6.34. The van der Waals surface area contributed by atoms with Gasteiger partial charge in [0.25, 0.3) is 0 Å². The van der Waals surface area contributed by atoms with Gasteiger partial charge < -0.3 is 55.5 Å². The van der Waals surface area contributed by atoms with E-state index >= 15 is 9.59 Å². The number of hydrogen-bond donors (Lipinski definition) is 8. The Morgan fingerprint density at radius 1 is 0.985 bits per heavy atom. The molecular formula is C53H58N2O11S2. The molecule has 14 rings (SSSR count). The van der Waals surface area contributed by atoms with Crippen LogP contribution in [-0.4, -0.2) is 103 Å². The minimum Gasteiger partial charge on any atom is -0.511 e. The number of hydrogen-bond acceptors (Lipinski definition) is 15. The summed E-state index contributed by atoms with van der Waals surface area (Å²) >= 11 is 0. The number of nitrogens with one attached hydrogen (secondary N) is 2. The lowest BCUT2D eigenvalue weighted by molar-refractivity contribution is -0.394. The third kappa shape index (κ3) is 5.45. The van der Waals surface area contributed by atoms with Gasteiger partial charge in [-0.25, -0.2) is 0 Å². The highest BCUT2D eigenvalue weighted by molar-refractivity contribution is 8.76. The van der Waals surface area contributed by atoms with Gasteiger partial charge in [0, 0.05) is 35.1 Å². The molecule has 2 aromatic rings. The number of ether oxygens (including phenoxy) is 2. The van der Waals surface area contributed by atoms with E-state index in [9.17, 15) is 35.4 Å². The molecule has 358 valence electrons. The largest absolute Gasteiger partial charge is 0.511 e. The second-order valence-electron chi connectivity index (χ2n) is 22.0. The second-order valence-corrected chi connectivity index (χ2v) is 24.5. The van der Waals surface area contributed by atoms with Crippen LogP contribution in [0.1, 0.15) is 89.6 Å². The highest BCUT2D eigenvalue weighted by Gasteiger charge is 2.81. The Morgan fingerprint density at radius 2 is 1.82 bits per heavy atom. The minimum absolute atomic E-state index is 0.00875. The zero-order valence-corrected chi connectivity index (χ0v) is 39.3. The molecule has 1 saturated heterocycles. The van der Waals surface area contributed by atoms with E-state index in [1.54, 1.807) is 24.3 Å². The third-order valence-corrected chi connectivity index (χ3v) is 21.8. The van der Waals surface area contributed by atoms with Gasteiger partial charge in [-0.2, -0.15) is 0 Å². The summed E-state index contributed by atoms with van der Waals surface area (Å²) in [4.78, 5) is 43.8. The summed E-state index contributed by atoms with van der Waals surface area (Å²) < 4.78 is 13.4. The van der Waals surface area contributed by atoms with Crippen LogP contribution in [0.5, 0.6) is 5.75 Å². The third-order valence-electron chi connectivity index (χ3n) is 19.6. The summed E-state index contributed by atoms with van der Waals surface area (Å²) in [6.45, 7) is -0.227. The van der Waals surface area contributed by atoms with Crippen LogP contribution in [0.2, 0.25) is 0 Å². The number of dihydropyridines is 1. The average Bonchev–Trinajstić information content (AvgIpc) is 3.80. The number of rotatable bonds is 5. The molecule has 6 fully saturated rings. The number of aliphatic hydroxyl groups excluding tert-OH is 5. The topological polar surface area (TPSA) is 215 Å². The number of carbonyl (C=O) groups is 3. The van der Waals surface area contributed by atoms with Crippen LogP contribution in [0, 0.1) is 57.7 Å². The van der Waals surface area contributed by atoms with Crippen molar-refractivity contribution < 1.29 is 54.5 Å². The first-order valence-corrected chi connectivity index (χ1v) is 27.1. The SMILES string of the molecule is O=C[C@@H]1CCC[C@]12C[C@H]1C[C@@H]3C[C@H]4C[C@]5(CO)O[C@H]6Oc7cccc8c7C(=O)[C@]7(CSSCNC9=C%10CC[C@@H]2[C@@]1(C%10=C3CN9)[C@@H]4[C@](O)([C@@H]5O)[C@H]6O)C(O)=CC(Cc1cccc(CO)c1)=C[C@@H]7C8=O. The fraction of sp³-hybridized carbons (Fsp3) is 0.566. The van der Waals surface area contributed by atoms with Crippen molar-refractivity contribution >= 4 is 39.4 Å². The van der Waals surface area contributed by atoms with Gasteiger partial charge in [-0.3, -0.25) is 9.59 Å². The Bertz CT molecular complexity index is 2700. The normalized spacial score (nSPS) is 43.8. The second kappa shape index (κ2) is 15.3. The van der Waals surface area contributed by atoms with E-state index in [0.717, 1.165) is 67.5 Å². The van der Waals surface area contributed by atoms with Crippen molar-refractivity contribution in [2.45, 2.75) is 101 Å². The predicted molar refractivity (Wildman–Crippen MR) is 252 cm³/mol. The first-order valence-electron chi connectivity index (χ1n) is 24.6. The number of benzene rings is 2. The maximum Gasteiger partial charge on any atom is 0.229 e. The van der Waals surface area contributed by atoms with Crippen molar-refractivity contribution in [2.75, 3.05) is 24.8 Å². The maximum atomic E-state index is 15.6. The molecule has 3 spiro atoms. The van der Waals surface area contributed by atoms with Crippen LogP contribution < -0.4 is 15.4 Å². The van der Waals surface area contributed by atoms with Crippen molar-refractivity contribution in [3.8, 4) is 5.75 Å². The number of allylic oxidation sites excluding steroid dienone is 6. The van der Waals surface area contributed by atoms with Crippen LogP contribution in [0.3, 0.4) is 0 Å². The van der Waals surface area contributed by atoms with E-state index in [4.69, 9.17) is 9.47 Å². The monoisotopic (exact) mass is 962 g/mol. The molecule has 12 aliphatic rings. The Hall–Kier alpha value is -3.93. The van der Waals surface area contributed by atoms with Gasteiger partial charge >= 0.3 is 0 Å². The van der Waals surface area contributed by atoms with Crippen molar-refractivity contribution in [3.63, 3.8) is 0 Å². The lowest BCUT2D eigenvalue weighted by atomic mass is 9.41. The summed E-state index contributed by atoms with van der Waals surface area (Å²) in [5.74, 6) is -1.92. The molecule has 9 aliphatic carbocycles. The number of ketones is 2. The van der Waals surface area contributed by atoms with Crippen LogP contribution in [-0.2, 0) is 22.6 Å². The molecule has 5 saturated carbocycles. The van der Waals surface area contributed by atoms with Crippen molar-refractivity contribution in [1.82, 2.24) is 10.6 Å². The molecule has 0 amide bonds. The van der Waals surface area contributed by atoms with Crippen molar-refractivity contribution in [1.29, 1.82) is 0 Å². The quantitative estimate of drug-likeness (QED) is 0.143. The predicted octanol–water partition coefficient (Wildman–Crippen LogP) is 5.22. The lowest BCUT2D eigenvalue weighted by Crippen LogP contribution is -2.81. The van der Waals surface area contributed by atoms with Gasteiger partial charge in [-0.05, 0) is 132 Å². The highest BCUT2D eigenvalue weighted by atomic mass is 33.1. The molecule has 0 unspecified atom stereocenters. The molecule has 13 nitrogen and oxygen atoms in total. The average molecular weight is 963 g/mol. The van der Waals surface area contributed by atoms with Crippen LogP contribution >= 0.6 is 21.6 Å². The highest BCUT2D eigenvalue weighted by Crippen LogP contribution is 2.81. The van der Waals surface area contributed by atoms with Crippen molar-refractivity contribution in [3.05, 3.63) is 111 Å². The molecule has 68 heavy (non-hydrogen) atoms. The molecule has 0 radical (unpaired) electrons. The molecule has 2 aromatic carbocycles. The zero-order valence-electron chi connectivity index (χ0n) is 37.7. The molecule has 0 aromatic heterocycles. The number of aliphatic hydroxyl groups is 6. The number of Topliss-reactive ketones (excluding diaryl/α,β-unsaturated/α-hetero) is 2. The van der Waals surface area contributed by atoms with Crippen LogP contribution in [0.4, 0.5) is 0 Å². The Balaban J connectivity index is 0.981. The van der Waals surface area contributed by atoms with Crippen molar-refractivity contribution in [2.24, 2.45) is 57.7 Å². The van der Waals surface area contributed by atoms with Crippen LogP contribution in [0.15, 0.2) is 88.5 Å². The maximum absolute atomic E-state index is 15.6. The Morgan fingerprint density at radius 3 is 2.65 bits per heavy atom. The first kappa shape index (κ1) is 44.0. The fourth-order valence-corrected chi connectivity index (χ4v) is 19.6. The van der Waals surface area contributed by atoms with Gasteiger partial charge in [0.05, 0.1) is 30.6 Å².